The Kier molecular flexibility index (Phi) is 4.50. The van der Waals surface area contributed by atoms with Crippen LogP contribution in [0.4, 0.5) is 0 Å². The summed E-state index contributed by atoms with van der Waals surface area (Å²) in [6, 6.07) is 3.20. The number of carbonyl (C=O) groups excluding carboxylic acids is 1. The van der Waals surface area contributed by atoms with Gasteiger partial charge in [-0.25, -0.2) is 9.71 Å². The molecule has 23 heavy (non-hydrogen) atoms. The highest BCUT2D eigenvalue weighted by Gasteiger charge is 2.26. The van der Waals surface area contributed by atoms with Gasteiger partial charge < -0.3 is 0 Å². The molecule has 0 spiro atoms. The summed E-state index contributed by atoms with van der Waals surface area (Å²) in [5.41, 5.74) is -0.114. The summed E-state index contributed by atoms with van der Waals surface area (Å²) in [6.07, 6.45) is 2.82. The topological polar surface area (TPSA) is 93.9 Å². The molecule has 0 aliphatic carbocycles. The number of rotatable bonds is 3. The Hall–Kier alpha value is -1.93. The quantitative estimate of drug-likeness (QED) is 0.908. The number of sulfonamides is 1. The Morgan fingerprint density at radius 1 is 1.35 bits per heavy atom. The van der Waals surface area contributed by atoms with Gasteiger partial charge in [0.1, 0.15) is 0 Å². The first-order chi connectivity index (χ1) is 10.5. The summed E-state index contributed by atoms with van der Waals surface area (Å²) in [6.45, 7) is 7.23. The summed E-state index contributed by atoms with van der Waals surface area (Å²) in [7, 11) is -4.10. The Balaban J connectivity index is 2.33. The lowest BCUT2D eigenvalue weighted by Gasteiger charge is -2.18. The highest BCUT2D eigenvalue weighted by molar-refractivity contribution is 7.90. The number of nitrogens with one attached hydrogen (secondary N) is 1. The van der Waals surface area contributed by atoms with Gasteiger partial charge in [-0.05, 0) is 39.3 Å². The number of aryl methyl sites for hydroxylation is 1. The van der Waals surface area contributed by atoms with Crippen molar-refractivity contribution in [1.29, 1.82) is 0 Å². The molecule has 2 aromatic rings. The molecule has 0 radical (unpaired) electrons. The number of hydrogen-bond acceptors (Lipinski definition) is 5. The van der Waals surface area contributed by atoms with E-state index in [0.717, 1.165) is 0 Å². The van der Waals surface area contributed by atoms with Crippen molar-refractivity contribution < 1.29 is 13.2 Å². The number of pyridine rings is 1. The molecule has 0 fully saturated rings. The van der Waals surface area contributed by atoms with Crippen LogP contribution in [0.2, 0.25) is 5.02 Å². The maximum atomic E-state index is 12.3. The van der Waals surface area contributed by atoms with Crippen molar-refractivity contribution in [3.8, 4) is 0 Å². The Labute approximate surface area is 139 Å². The second-order valence-corrected chi connectivity index (χ2v) is 8.01. The van der Waals surface area contributed by atoms with Crippen molar-refractivity contribution in [3.05, 3.63) is 40.8 Å². The van der Waals surface area contributed by atoms with Crippen LogP contribution in [0, 0.1) is 6.92 Å². The van der Waals surface area contributed by atoms with Gasteiger partial charge in [-0.1, -0.05) is 17.7 Å². The molecule has 0 bridgehead atoms. The minimum absolute atomic E-state index is 0.0744. The van der Waals surface area contributed by atoms with Gasteiger partial charge >= 0.3 is 0 Å². The molecule has 0 saturated heterocycles. The lowest BCUT2D eigenvalue weighted by atomic mass is 10.1. The second kappa shape index (κ2) is 5.93. The van der Waals surface area contributed by atoms with Gasteiger partial charge in [0.05, 0.1) is 10.6 Å². The van der Waals surface area contributed by atoms with Crippen LogP contribution in [-0.4, -0.2) is 29.1 Å². The Bertz CT molecular complexity index is 853. The first-order valence-electron chi connectivity index (χ1n) is 6.77. The van der Waals surface area contributed by atoms with E-state index in [2.05, 4.69) is 10.1 Å². The predicted molar refractivity (Wildman–Crippen MR) is 85.9 cm³/mol. The monoisotopic (exact) mass is 356 g/mol. The lowest BCUT2D eigenvalue weighted by molar-refractivity contribution is 0.0975. The molecule has 0 aliphatic heterocycles. The highest BCUT2D eigenvalue weighted by Crippen LogP contribution is 2.21. The fourth-order valence-electron chi connectivity index (χ4n) is 1.82. The van der Waals surface area contributed by atoms with Gasteiger partial charge in [-0.3, -0.25) is 9.48 Å². The average Bonchev–Trinajstić information content (AvgIpc) is 2.80. The SMILES string of the molecule is Cc1cccnc1S(=O)(=O)NC(=O)c1nn(C(C)(C)C)cc1Cl. The van der Waals surface area contributed by atoms with E-state index in [1.165, 1.54) is 17.1 Å². The van der Waals surface area contributed by atoms with E-state index >= 15 is 0 Å². The van der Waals surface area contributed by atoms with Crippen LogP contribution in [0.1, 0.15) is 36.8 Å². The molecule has 0 aromatic carbocycles. The minimum atomic E-state index is -4.10. The zero-order valence-corrected chi connectivity index (χ0v) is 14.7. The van der Waals surface area contributed by atoms with Crippen molar-refractivity contribution in [1.82, 2.24) is 19.5 Å². The number of aromatic nitrogens is 3. The fourth-order valence-corrected chi connectivity index (χ4v) is 3.17. The predicted octanol–water partition coefficient (Wildman–Crippen LogP) is 2.11. The zero-order chi connectivity index (χ0) is 17.4. The van der Waals surface area contributed by atoms with Crippen molar-refractivity contribution in [2.24, 2.45) is 0 Å². The van der Waals surface area contributed by atoms with Gasteiger partial charge in [0.15, 0.2) is 10.7 Å². The fraction of sp³-hybridized carbons (Fsp3) is 0.357. The molecule has 0 atom stereocenters. The zero-order valence-electron chi connectivity index (χ0n) is 13.2. The normalized spacial score (nSPS) is 12.2. The van der Waals surface area contributed by atoms with E-state index in [4.69, 9.17) is 11.6 Å². The van der Waals surface area contributed by atoms with E-state index in [-0.39, 0.29) is 15.7 Å². The van der Waals surface area contributed by atoms with Gasteiger partial charge in [-0.2, -0.15) is 13.5 Å². The van der Waals surface area contributed by atoms with Crippen LogP contribution in [0.5, 0.6) is 0 Å². The number of amides is 1. The molecule has 0 unspecified atom stereocenters. The van der Waals surface area contributed by atoms with Crippen LogP contribution in [0.15, 0.2) is 29.6 Å². The highest BCUT2D eigenvalue weighted by atomic mass is 35.5. The number of nitrogens with zero attached hydrogens (tertiary/aromatic N) is 3. The van der Waals surface area contributed by atoms with Crippen LogP contribution in [0.25, 0.3) is 0 Å². The van der Waals surface area contributed by atoms with Crippen LogP contribution in [0.3, 0.4) is 0 Å². The van der Waals surface area contributed by atoms with Crippen molar-refractivity contribution in [2.75, 3.05) is 0 Å². The van der Waals surface area contributed by atoms with Gasteiger partial charge in [0, 0.05) is 12.4 Å². The van der Waals surface area contributed by atoms with Crippen molar-refractivity contribution >= 4 is 27.5 Å². The van der Waals surface area contributed by atoms with E-state index < -0.39 is 21.5 Å². The molecule has 9 heteroatoms. The second-order valence-electron chi connectivity index (χ2n) is 6.00. The standard InChI is InChI=1S/C14H17ClN4O3S/c1-9-6-5-7-16-13(9)23(21,22)18-12(20)11-10(15)8-19(17-11)14(2,3)4/h5-8H,1-4H3,(H,18,20). The maximum absolute atomic E-state index is 12.3. The smallest absolute Gasteiger partial charge is 0.266 e. The van der Waals surface area contributed by atoms with Crippen molar-refractivity contribution in [2.45, 2.75) is 38.3 Å². The number of halogens is 1. The van der Waals surface area contributed by atoms with Crippen LogP contribution < -0.4 is 4.72 Å². The van der Waals surface area contributed by atoms with E-state index in [0.29, 0.717) is 5.56 Å². The molecule has 124 valence electrons. The van der Waals surface area contributed by atoms with Crippen molar-refractivity contribution in [3.63, 3.8) is 0 Å². The van der Waals surface area contributed by atoms with E-state index in [9.17, 15) is 13.2 Å². The van der Waals surface area contributed by atoms with Gasteiger partial charge in [-0.15, -0.1) is 0 Å². The van der Waals surface area contributed by atoms with Gasteiger partial charge in [0.2, 0.25) is 0 Å². The Morgan fingerprint density at radius 2 is 2.00 bits per heavy atom. The lowest BCUT2D eigenvalue weighted by Crippen LogP contribution is -2.32. The van der Waals surface area contributed by atoms with E-state index in [1.807, 2.05) is 25.5 Å². The van der Waals surface area contributed by atoms with Crippen LogP contribution in [-0.2, 0) is 15.6 Å². The molecular weight excluding hydrogens is 340 g/mol. The molecule has 0 aliphatic rings. The molecule has 2 rings (SSSR count). The average molecular weight is 357 g/mol. The molecular formula is C14H17ClN4O3S. The number of hydrogen-bond donors (Lipinski definition) is 1. The van der Waals surface area contributed by atoms with E-state index in [1.54, 1.807) is 19.1 Å². The third-order valence-corrected chi connectivity index (χ3v) is 4.68. The molecule has 7 nitrogen and oxygen atoms in total. The molecule has 1 N–H and O–H groups in total. The summed E-state index contributed by atoms with van der Waals surface area (Å²) >= 11 is 6.00. The maximum Gasteiger partial charge on any atom is 0.287 e. The first kappa shape index (κ1) is 17.4. The Morgan fingerprint density at radius 3 is 2.52 bits per heavy atom. The van der Waals surface area contributed by atoms with Gasteiger partial charge in [0.25, 0.3) is 15.9 Å². The molecule has 2 heterocycles. The molecule has 2 aromatic heterocycles. The first-order valence-corrected chi connectivity index (χ1v) is 8.63. The summed E-state index contributed by atoms with van der Waals surface area (Å²) in [4.78, 5) is 16.0. The molecule has 0 saturated carbocycles. The summed E-state index contributed by atoms with van der Waals surface area (Å²) in [5, 5.41) is 3.93. The largest absolute Gasteiger partial charge is 0.287 e. The summed E-state index contributed by atoms with van der Waals surface area (Å²) < 4.78 is 28.0. The molecule has 1 amide bonds. The third-order valence-electron chi connectivity index (χ3n) is 3.01. The minimum Gasteiger partial charge on any atom is -0.266 e. The number of carbonyl (C=O) groups is 1. The summed E-state index contributed by atoms with van der Waals surface area (Å²) in [5.74, 6) is -0.900. The van der Waals surface area contributed by atoms with Crippen LogP contribution >= 0.6 is 11.6 Å². The third kappa shape index (κ3) is 3.70.